The van der Waals surface area contributed by atoms with Crippen molar-refractivity contribution in [2.24, 2.45) is 0 Å². The fourth-order valence-corrected chi connectivity index (χ4v) is 2.71. The molecule has 4 nitrogen and oxygen atoms in total. The summed E-state index contributed by atoms with van der Waals surface area (Å²) in [5, 5.41) is 3.29. The van der Waals surface area contributed by atoms with E-state index in [1.165, 1.54) is 0 Å². The van der Waals surface area contributed by atoms with Gasteiger partial charge in [0.05, 0.1) is 9.26 Å². The van der Waals surface area contributed by atoms with Crippen LogP contribution in [0.1, 0.15) is 58.2 Å². The van der Waals surface area contributed by atoms with Crippen LogP contribution in [-0.4, -0.2) is 23.1 Å². The van der Waals surface area contributed by atoms with Gasteiger partial charge in [0.15, 0.2) is 5.82 Å². The number of rotatable bonds is 6. The van der Waals surface area contributed by atoms with Gasteiger partial charge in [0.1, 0.15) is 11.9 Å². The van der Waals surface area contributed by atoms with Crippen LogP contribution in [0.3, 0.4) is 0 Å². The van der Waals surface area contributed by atoms with Gasteiger partial charge in [0.2, 0.25) is 0 Å². The Morgan fingerprint density at radius 3 is 2.39 bits per heavy atom. The number of anilines is 1. The summed E-state index contributed by atoms with van der Waals surface area (Å²) in [5.74, 6) is 2.06. The summed E-state index contributed by atoms with van der Waals surface area (Å²) < 4.78 is 6.69. The van der Waals surface area contributed by atoms with Crippen LogP contribution in [0, 0.1) is 3.57 Å². The minimum absolute atomic E-state index is 0.0677. The Bertz CT molecular complexity index is 396. The molecule has 0 bridgehead atoms. The fourth-order valence-electron chi connectivity index (χ4n) is 1.66. The van der Waals surface area contributed by atoms with Gasteiger partial charge in [-0.2, -0.15) is 0 Å². The maximum absolute atomic E-state index is 5.58. The van der Waals surface area contributed by atoms with Gasteiger partial charge in [0.25, 0.3) is 0 Å². The van der Waals surface area contributed by atoms with Gasteiger partial charge >= 0.3 is 0 Å². The number of hydrogen-bond donors (Lipinski definition) is 1. The molecule has 0 radical (unpaired) electrons. The molecule has 0 fully saturated rings. The van der Waals surface area contributed by atoms with E-state index in [-0.39, 0.29) is 6.10 Å². The van der Waals surface area contributed by atoms with Crippen LogP contribution < -0.4 is 5.32 Å². The molecule has 1 unspecified atom stereocenters. The Balaban J connectivity index is 3.19. The molecule has 1 heterocycles. The second kappa shape index (κ2) is 7.23. The molecule has 0 aromatic carbocycles. The summed E-state index contributed by atoms with van der Waals surface area (Å²) in [6, 6.07) is 0. The van der Waals surface area contributed by atoms with Crippen molar-refractivity contribution < 1.29 is 4.74 Å². The normalized spacial score (nSPS) is 12.8. The molecular formula is C13H22IN3O. The van der Waals surface area contributed by atoms with E-state index in [0.717, 1.165) is 27.5 Å². The fraction of sp³-hybridized carbons (Fsp3) is 0.692. The second-order valence-electron chi connectivity index (χ2n) is 4.41. The van der Waals surface area contributed by atoms with E-state index in [4.69, 9.17) is 4.74 Å². The van der Waals surface area contributed by atoms with E-state index < -0.39 is 0 Å². The van der Waals surface area contributed by atoms with Crippen LogP contribution in [0.5, 0.6) is 0 Å². The molecule has 0 saturated heterocycles. The van der Waals surface area contributed by atoms with Crippen molar-refractivity contribution in [3.63, 3.8) is 0 Å². The topological polar surface area (TPSA) is 47.0 Å². The molecule has 0 aliphatic carbocycles. The molecule has 102 valence electrons. The summed E-state index contributed by atoms with van der Waals surface area (Å²) in [5.41, 5.74) is 1.09. The molecule has 5 heteroatoms. The lowest BCUT2D eigenvalue weighted by atomic mass is 10.1. The third-order valence-electron chi connectivity index (χ3n) is 2.57. The van der Waals surface area contributed by atoms with Crippen LogP contribution in [0.4, 0.5) is 5.82 Å². The molecule has 1 N–H and O–H groups in total. The van der Waals surface area contributed by atoms with Gasteiger partial charge in [-0.05, 0) is 49.3 Å². The highest BCUT2D eigenvalue weighted by Gasteiger charge is 2.17. The van der Waals surface area contributed by atoms with E-state index in [1.807, 2.05) is 13.8 Å². The Morgan fingerprint density at radius 1 is 1.22 bits per heavy atom. The van der Waals surface area contributed by atoms with Crippen LogP contribution >= 0.6 is 22.6 Å². The third-order valence-corrected chi connectivity index (χ3v) is 3.63. The lowest BCUT2D eigenvalue weighted by molar-refractivity contribution is 0.0699. The van der Waals surface area contributed by atoms with Crippen molar-refractivity contribution in [1.82, 2.24) is 9.97 Å². The van der Waals surface area contributed by atoms with Gasteiger partial charge in [-0.15, -0.1) is 0 Å². The van der Waals surface area contributed by atoms with Gasteiger partial charge in [-0.3, -0.25) is 0 Å². The second-order valence-corrected chi connectivity index (χ2v) is 5.49. The van der Waals surface area contributed by atoms with Crippen LogP contribution in [0.25, 0.3) is 0 Å². The molecule has 1 aromatic rings. The lowest BCUT2D eigenvalue weighted by Gasteiger charge is -2.17. The standard InChI is InChI=1S/C13H22IN3O/c1-6-15-13-10(14)11(8(3)4)16-12(17-13)9(5)18-7-2/h8-9H,6-7H2,1-5H3,(H,15,16,17). The van der Waals surface area contributed by atoms with E-state index in [2.05, 4.69) is 58.6 Å². The molecule has 1 aromatic heterocycles. The van der Waals surface area contributed by atoms with Gasteiger partial charge < -0.3 is 10.1 Å². The number of nitrogens with zero attached hydrogens (tertiary/aromatic N) is 2. The number of halogens is 1. The molecule has 0 aliphatic rings. The number of ether oxygens (including phenoxy) is 1. The van der Waals surface area contributed by atoms with E-state index in [1.54, 1.807) is 0 Å². The zero-order chi connectivity index (χ0) is 13.7. The monoisotopic (exact) mass is 363 g/mol. The Labute approximate surface area is 123 Å². The first kappa shape index (κ1) is 15.6. The molecule has 1 atom stereocenters. The maximum Gasteiger partial charge on any atom is 0.159 e. The zero-order valence-electron chi connectivity index (χ0n) is 11.7. The molecular weight excluding hydrogens is 341 g/mol. The highest BCUT2D eigenvalue weighted by Crippen LogP contribution is 2.27. The highest BCUT2D eigenvalue weighted by molar-refractivity contribution is 14.1. The summed E-state index contributed by atoms with van der Waals surface area (Å²) in [6.07, 6.45) is -0.0677. The van der Waals surface area contributed by atoms with Crippen molar-refractivity contribution in [3.05, 3.63) is 15.1 Å². The van der Waals surface area contributed by atoms with E-state index in [9.17, 15) is 0 Å². The minimum Gasteiger partial charge on any atom is -0.371 e. The molecule has 1 rings (SSSR count). The van der Waals surface area contributed by atoms with Crippen LogP contribution in [-0.2, 0) is 4.74 Å². The summed E-state index contributed by atoms with van der Waals surface area (Å²) >= 11 is 2.31. The van der Waals surface area contributed by atoms with E-state index in [0.29, 0.717) is 12.5 Å². The number of nitrogens with one attached hydrogen (secondary N) is 1. The highest BCUT2D eigenvalue weighted by atomic mass is 127. The number of hydrogen-bond acceptors (Lipinski definition) is 4. The molecule has 0 aliphatic heterocycles. The Morgan fingerprint density at radius 2 is 1.89 bits per heavy atom. The third kappa shape index (κ3) is 3.78. The predicted octanol–water partition coefficient (Wildman–Crippen LogP) is 3.73. The first-order valence-electron chi connectivity index (χ1n) is 6.43. The molecule has 18 heavy (non-hydrogen) atoms. The van der Waals surface area contributed by atoms with E-state index >= 15 is 0 Å². The van der Waals surface area contributed by atoms with Crippen LogP contribution in [0.15, 0.2) is 0 Å². The SMILES string of the molecule is CCNc1nc(C(C)OCC)nc(C(C)C)c1I. The first-order chi connectivity index (χ1) is 8.51. The average Bonchev–Trinajstić information content (AvgIpc) is 2.31. The van der Waals surface area contributed by atoms with Crippen LogP contribution in [0.2, 0.25) is 0 Å². The predicted molar refractivity (Wildman–Crippen MR) is 83.0 cm³/mol. The first-order valence-corrected chi connectivity index (χ1v) is 7.51. The quantitative estimate of drug-likeness (QED) is 0.783. The Hall–Kier alpha value is -0.430. The van der Waals surface area contributed by atoms with Gasteiger partial charge in [0, 0.05) is 13.2 Å². The lowest BCUT2D eigenvalue weighted by Crippen LogP contribution is -2.13. The van der Waals surface area contributed by atoms with Crippen molar-refractivity contribution in [3.8, 4) is 0 Å². The Kier molecular flexibility index (Phi) is 6.28. The minimum atomic E-state index is -0.0677. The summed E-state index contributed by atoms with van der Waals surface area (Å²) in [7, 11) is 0. The smallest absolute Gasteiger partial charge is 0.159 e. The van der Waals surface area contributed by atoms with Crippen molar-refractivity contribution >= 4 is 28.4 Å². The van der Waals surface area contributed by atoms with Gasteiger partial charge in [-0.1, -0.05) is 13.8 Å². The molecule has 0 spiro atoms. The summed E-state index contributed by atoms with van der Waals surface area (Å²) in [6.45, 7) is 11.9. The van der Waals surface area contributed by atoms with Crippen molar-refractivity contribution in [1.29, 1.82) is 0 Å². The van der Waals surface area contributed by atoms with Crippen molar-refractivity contribution in [2.75, 3.05) is 18.5 Å². The maximum atomic E-state index is 5.58. The molecule has 0 saturated carbocycles. The number of aromatic nitrogens is 2. The van der Waals surface area contributed by atoms with Crippen molar-refractivity contribution in [2.45, 2.75) is 46.6 Å². The zero-order valence-corrected chi connectivity index (χ0v) is 13.9. The summed E-state index contributed by atoms with van der Waals surface area (Å²) in [4.78, 5) is 9.22. The largest absolute Gasteiger partial charge is 0.371 e. The van der Waals surface area contributed by atoms with Gasteiger partial charge in [-0.25, -0.2) is 9.97 Å². The molecule has 0 amide bonds. The average molecular weight is 363 g/mol.